The van der Waals surface area contributed by atoms with Gasteiger partial charge >= 0.3 is 0 Å². The van der Waals surface area contributed by atoms with Gasteiger partial charge in [-0.2, -0.15) is 5.10 Å². The van der Waals surface area contributed by atoms with Crippen LogP contribution in [0.1, 0.15) is 37.4 Å². The maximum atomic E-state index is 4.64. The van der Waals surface area contributed by atoms with E-state index in [0.29, 0.717) is 5.92 Å². The Kier molecular flexibility index (Phi) is 3.52. The van der Waals surface area contributed by atoms with Crippen molar-refractivity contribution in [1.29, 1.82) is 0 Å². The fraction of sp³-hybridized carbons (Fsp3) is 0.385. The topological polar surface area (TPSA) is 41.6 Å². The van der Waals surface area contributed by atoms with Crippen LogP contribution in [0.5, 0.6) is 0 Å². The van der Waals surface area contributed by atoms with Crippen molar-refractivity contribution in [3.63, 3.8) is 0 Å². The molecular weight excluding hydrogens is 358 g/mol. The Balaban J connectivity index is 1.92. The van der Waals surface area contributed by atoms with E-state index in [2.05, 4.69) is 47.0 Å². The molecule has 0 spiro atoms. The van der Waals surface area contributed by atoms with E-state index in [1.165, 1.54) is 25.7 Å². The SMILES string of the molecule is Brc1ccc(-c2n[nH]c(C3CCCC3)n2)c(Br)c1. The number of aromatic amines is 1. The number of nitrogens with one attached hydrogen (secondary N) is 1. The molecule has 5 heteroatoms. The highest BCUT2D eigenvalue weighted by molar-refractivity contribution is 9.11. The first-order valence-corrected chi connectivity index (χ1v) is 7.70. The summed E-state index contributed by atoms with van der Waals surface area (Å²) in [5, 5.41) is 7.43. The van der Waals surface area contributed by atoms with Crippen molar-refractivity contribution >= 4 is 31.9 Å². The van der Waals surface area contributed by atoms with E-state index in [-0.39, 0.29) is 0 Å². The molecular formula is C13H13Br2N3. The minimum absolute atomic E-state index is 0.570. The van der Waals surface area contributed by atoms with Gasteiger partial charge in [-0.1, -0.05) is 28.8 Å². The van der Waals surface area contributed by atoms with Crippen LogP contribution in [0.3, 0.4) is 0 Å². The minimum atomic E-state index is 0.570. The number of benzene rings is 1. The quantitative estimate of drug-likeness (QED) is 0.835. The summed E-state index contributed by atoms with van der Waals surface area (Å²) in [5.41, 5.74) is 1.03. The van der Waals surface area contributed by atoms with Crippen molar-refractivity contribution in [2.45, 2.75) is 31.6 Å². The summed E-state index contributed by atoms with van der Waals surface area (Å²) in [4.78, 5) is 4.64. The molecule has 1 aliphatic carbocycles. The monoisotopic (exact) mass is 369 g/mol. The van der Waals surface area contributed by atoms with Crippen molar-refractivity contribution in [1.82, 2.24) is 15.2 Å². The Labute approximate surface area is 123 Å². The van der Waals surface area contributed by atoms with Crippen molar-refractivity contribution in [3.05, 3.63) is 33.0 Å². The summed E-state index contributed by atoms with van der Waals surface area (Å²) >= 11 is 7.00. The first kappa shape index (κ1) is 12.4. The van der Waals surface area contributed by atoms with E-state index in [1.807, 2.05) is 18.2 Å². The lowest BCUT2D eigenvalue weighted by Crippen LogP contribution is -1.94. The van der Waals surface area contributed by atoms with Gasteiger partial charge in [-0.15, -0.1) is 0 Å². The molecule has 3 rings (SSSR count). The zero-order valence-electron chi connectivity index (χ0n) is 9.79. The summed E-state index contributed by atoms with van der Waals surface area (Å²) in [5.74, 6) is 2.38. The van der Waals surface area contributed by atoms with Gasteiger partial charge in [0.05, 0.1) is 0 Å². The largest absolute Gasteiger partial charge is 0.262 e. The zero-order chi connectivity index (χ0) is 12.5. The van der Waals surface area contributed by atoms with Gasteiger partial charge in [-0.25, -0.2) is 4.98 Å². The molecule has 0 radical (unpaired) electrons. The average Bonchev–Trinajstić information content (AvgIpc) is 2.99. The molecule has 1 fully saturated rings. The van der Waals surface area contributed by atoms with Gasteiger partial charge in [0.2, 0.25) is 0 Å². The lowest BCUT2D eigenvalue weighted by atomic mass is 10.1. The molecule has 0 unspecified atom stereocenters. The summed E-state index contributed by atoms with van der Waals surface area (Å²) < 4.78 is 2.05. The molecule has 1 aromatic heterocycles. The Hall–Kier alpha value is -0.680. The van der Waals surface area contributed by atoms with Crippen molar-refractivity contribution in [2.24, 2.45) is 0 Å². The highest BCUT2D eigenvalue weighted by atomic mass is 79.9. The summed E-state index contributed by atoms with van der Waals surface area (Å²) in [6.45, 7) is 0. The smallest absolute Gasteiger partial charge is 0.182 e. The molecule has 0 aliphatic heterocycles. The lowest BCUT2D eigenvalue weighted by Gasteiger charge is -2.02. The highest BCUT2D eigenvalue weighted by Crippen LogP contribution is 2.34. The number of nitrogens with zero attached hydrogens (tertiary/aromatic N) is 2. The normalized spacial score (nSPS) is 16.3. The number of hydrogen-bond donors (Lipinski definition) is 1. The molecule has 3 nitrogen and oxygen atoms in total. The van der Waals surface area contributed by atoms with Crippen LogP contribution in [0, 0.1) is 0 Å². The molecule has 0 amide bonds. The molecule has 1 heterocycles. The molecule has 2 aromatic rings. The van der Waals surface area contributed by atoms with Crippen LogP contribution >= 0.6 is 31.9 Å². The van der Waals surface area contributed by atoms with Crippen LogP contribution in [0.4, 0.5) is 0 Å². The van der Waals surface area contributed by atoms with Gasteiger partial charge in [0.25, 0.3) is 0 Å². The Morgan fingerprint density at radius 1 is 1.17 bits per heavy atom. The molecule has 18 heavy (non-hydrogen) atoms. The van der Waals surface area contributed by atoms with Gasteiger partial charge in [-0.05, 0) is 47.0 Å². The lowest BCUT2D eigenvalue weighted by molar-refractivity contribution is 0.672. The Morgan fingerprint density at radius 2 is 1.94 bits per heavy atom. The van der Waals surface area contributed by atoms with Gasteiger partial charge in [-0.3, -0.25) is 5.10 Å². The fourth-order valence-corrected chi connectivity index (χ4v) is 3.67. The second-order valence-corrected chi connectivity index (χ2v) is 6.42. The predicted octanol–water partition coefficient (Wildman–Crippen LogP) is 4.65. The van der Waals surface area contributed by atoms with Gasteiger partial charge < -0.3 is 0 Å². The van der Waals surface area contributed by atoms with E-state index in [9.17, 15) is 0 Å². The van der Waals surface area contributed by atoms with Crippen LogP contribution in [0.2, 0.25) is 0 Å². The molecule has 1 N–H and O–H groups in total. The maximum Gasteiger partial charge on any atom is 0.182 e. The fourth-order valence-electron chi connectivity index (χ4n) is 2.45. The summed E-state index contributed by atoms with van der Waals surface area (Å²) in [6, 6.07) is 6.04. The average molecular weight is 371 g/mol. The van der Waals surface area contributed by atoms with E-state index >= 15 is 0 Å². The third-order valence-electron chi connectivity index (χ3n) is 3.42. The standard InChI is InChI=1S/C13H13Br2N3/c14-9-5-6-10(11(15)7-9)13-16-12(17-18-13)8-3-1-2-4-8/h5-8H,1-4H2,(H,16,17,18). The number of hydrogen-bond acceptors (Lipinski definition) is 2. The predicted molar refractivity (Wildman–Crippen MR) is 78.4 cm³/mol. The third-order valence-corrected chi connectivity index (χ3v) is 4.57. The molecule has 0 bridgehead atoms. The summed E-state index contributed by atoms with van der Waals surface area (Å²) in [6.07, 6.45) is 5.08. The minimum Gasteiger partial charge on any atom is -0.262 e. The van der Waals surface area contributed by atoms with Crippen LogP contribution in [-0.2, 0) is 0 Å². The van der Waals surface area contributed by atoms with Crippen molar-refractivity contribution in [3.8, 4) is 11.4 Å². The van der Waals surface area contributed by atoms with Crippen molar-refractivity contribution < 1.29 is 0 Å². The number of halogens is 2. The van der Waals surface area contributed by atoms with E-state index in [0.717, 1.165) is 26.2 Å². The van der Waals surface area contributed by atoms with Gasteiger partial charge in [0, 0.05) is 20.4 Å². The van der Waals surface area contributed by atoms with Crippen LogP contribution < -0.4 is 0 Å². The number of rotatable bonds is 2. The van der Waals surface area contributed by atoms with E-state index in [4.69, 9.17) is 0 Å². The van der Waals surface area contributed by atoms with E-state index < -0.39 is 0 Å². The van der Waals surface area contributed by atoms with Crippen LogP contribution in [0.25, 0.3) is 11.4 Å². The Bertz CT molecular complexity index is 559. The highest BCUT2D eigenvalue weighted by Gasteiger charge is 2.21. The summed E-state index contributed by atoms with van der Waals surface area (Å²) in [7, 11) is 0. The van der Waals surface area contributed by atoms with E-state index in [1.54, 1.807) is 0 Å². The maximum absolute atomic E-state index is 4.64. The Morgan fingerprint density at radius 3 is 2.67 bits per heavy atom. The number of H-pyrrole nitrogens is 1. The first-order chi connectivity index (χ1) is 8.74. The first-order valence-electron chi connectivity index (χ1n) is 6.12. The molecule has 0 saturated heterocycles. The molecule has 0 atom stereocenters. The molecule has 1 aliphatic rings. The van der Waals surface area contributed by atoms with Crippen LogP contribution in [0.15, 0.2) is 27.1 Å². The third kappa shape index (κ3) is 2.38. The van der Waals surface area contributed by atoms with Crippen molar-refractivity contribution in [2.75, 3.05) is 0 Å². The van der Waals surface area contributed by atoms with Crippen LogP contribution in [-0.4, -0.2) is 15.2 Å². The van der Waals surface area contributed by atoms with Gasteiger partial charge in [0.1, 0.15) is 5.82 Å². The molecule has 1 saturated carbocycles. The van der Waals surface area contributed by atoms with Gasteiger partial charge in [0.15, 0.2) is 5.82 Å². The second kappa shape index (κ2) is 5.13. The molecule has 94 valence electrons. The number of aromatic nitrogens is 3. The zero-order valence-corrected chi connectivity index (χ0v) is 13.0. The second-order valence-electron chi connectivity index (χ2n) is 4.65. The molecule has 1 aromatic carbocycles.